The average Bonchev–Trinajstić information content (AvgIpc) is 2.22. The molecule has 0 aromatic carbocycles. The van der Waals surface area contributed by atoms with Gasteiger partial charge in [-0.3, -0.25) is 10.7 Å². The van der Waals surface area contributed by atoms with E-state index in [-0.39, 0.29) is 0 Å². The standard InChI is InChI=1S/C7H8ClN3O.C2H6/c1-5-2-3-6(8)11-7(5)9-4-10-12;1-2/h2-4,12H,1H3,(H,9,10,11);1-2H3. The molecule has 0 unspecified atom stereocenters. The average molecular weight is 216 g/mol. The van der Waals surface area contributed by atoms with Crippen molar-refractivity contribution in [1.29, 1.82) is 0 Å². The topological polar surface area (TPSA) is 57.5 Å². The van der Waals surface area contributed by atoms with Gasteiger partial charge in [0.15, 0.2) is 5.82 Å². The van der Waals surface area contributed by atoms with Gasteiger partial charge in [-0.05, 0) is 18.6 Å². The van der Waals surface area contributed by atoms with E-state index in [9.17, 15) is 0 Å². The molecule has 78 valence electrons. The van der Waals surface area contributed by atoms with Crippen molar-refractivity contribution in [2.45, 2.75) is 20.8 Å². The summed E-state index contributed by atoms with van der Waals surface area (Å²) in [6.45, 7) is 5.85. The number of nitrogens with zero attached hydrogens (tertiary/aromatic N) is 2. The SMILES string of the molecule is CC.Cc1ccc(Cl)nc1/N=C/NO. The lowest BCUT2D eigenvalue weighted by molar-refractivity contribution is 0.240. The molecular formula is C9H14ClN3O. The highest BCUT2D eigenvalue weighted by Gasteiger charge is 1.97. The summed E-state index contributed by atoms with van der Waals surface area (Å²) < 4.78 is 0. The van der Waals surface area contributed by atoms with Crippen molar-refractivity contribution in [2.24, 2.45) is 4.99 Å². The minimum Gasteiger partial charge on any atom is -0.290 e. The molecule has 1 aromatic heterocycles. The van der Waals surface area contributed by atoms with Crippen LogP contribution in [0.5, 0.6) is 0 Å². The zero-order valence-corrected chi connectivity index (χ0v) is 9.21. The number of pyridine rings is 1. The first kappa shape index (κ1) is 12.9. The number of aromatic nitrogens is 1. The molecule has 1 heterocycles. The van der Waals surface area contributed by atoms with Gasteiger partial charge in [-0.1, -0.05) is 31.5 Å². The Morgan fingerprint density at radius 2 is 2.14 bits per heavy atom. The highest BCUT2D eigenvalue weighted by atomic mass is 35.5. The highest BCUT2D eigenvalue weighted by molar-refractivity contribution is 6.29. The van der Waals surface area contributed by atoms with E-state index in [1.165, 1.54) is 0 Å². The summed E-state index contributed by atoms with van der Waals surface area (Å²) in [5.74, 6) is 0.490. The van der Waals surface area contributed by atoms with Gasteiger partial charge in [-0.2, -0.15) is 0 Å². The Balaban J connectivity index is 0.000000791. The Labute approximate surface area is 88.6 Å². The molecule has 14 heavy (non-hydrogen) atoms. The Hall–Kier alpha value is -1.13. The second-order valence-electron chi connectivity index (χ2n) is 2.16. The number of hydrogen-bond acceptors (Lipinski definition) is 3. The maximum atomic E-state index is 8.23. The summed E-state index contributed by atoms with van der Waals surface area (Å²) in [5, 5.41) is 8.61. The highest BCUT2D eigenvalue weighted by Crippen LogP contribution is 2.17. The number of aliphatic imine (C=N–C) groups is 1. The zero-order valence-electron chi connectivity index (χ0n) is 8.45. The van der Waals surface area contributed by atoms with Crippen LogP contribution in [0.4, 0.5) is 5.82 Å². The van der Waals surface area contributed by atoms with Gasteiger partial charge in [0.25, 0.3) is 0 Å². The third kappa shape index (κ3) is 4.20. The number of rotatable bonds is 2. The van der Waals surface area contributed by atoms with E-state index in [1.54, 1.807) is 17.6 Å². The second-order valence-corrected chi connectivity index (χ2v) is 2.55. The maximum Gasteiger partial charge on any atom is 0.158 e. The largest absolute Gasteiger partial charge is 0.290 e. The van der Waals surface area contributed by atoms with E-state index in [2.05, 4.69) is 9.98 Å². The number of hydroxylamine groups is 1. The molecule has 0 aliphatic heterocycles. The smallest absolute Gasteiger partial charge is 0.158 e. The Morgan fingerprint density at radius 1 is 1.50 bits per heavy atom. The van der Waals surface area contributed by atoms with Gasteiger partial charge in [-0.15, -0.1) is 0 Å². The van der Waals surface area contributed by atoms with Gasteiger partial charge >= 0.3 is 0 Å². The molecule has 0 fully saturated rings. The van der Waals surface area contributed by atoms with Crippen LogP contribution < -0.4 is 5.48 Å². The third-order valence-corrected chi connectivity index (χ3v) is 1.49. The molecule has 0 saturated heterocycles. The van der Waals surface area contributed by atoms with Crippen molar-refractivity contribution in [3.8, 4) is 0 Å². The lowest BCUT2D eigenvalue weighted by Gasteiger charge is -1.97. The summed E-state index contributed by atoms with van der Waals surface area (Å²) in [6.07, 6.45) is 1.13. The van der Waals surface area contributed by atoms with Gasteiger partial charge in [0.05, 0.1) is 0 Å². The van der Waals surface area contributed by atoms with Gasteiger partial charge in [0, 0.05) is 0 Å². The van der Waals surface area contributed by atoms with Crippen LogP contribution >= 0.6 is 11.6 Å². The van der Waals surface area contributed by atoms with Crippen LogP contribution in [-0.2, 0) is 0 Å². The number of halogens is 1. The van der Waals surface area contributed by atoms with Crippen LogP contribution in [0.1, 0.15) is 19.4 Å². The molecule has 0 amide bonds. The minimum atomic E-state index is 0.380. The molecule has 1 aromatic rings. The zero-order chi connectivity index (χ0) is 11.0. The Kier molecular flexibility index (Phi) is 6.70. The van der Waals surface area contributed by atoms with Crippen molar-refractivity contribution in [2.75, 3.05) is 0 Å². The Bertz CT molecular complexity index is 302. The third-order valence-electron chi connectivity index (χ3n) is 1.28. The first-order valence-corrected chi connectivity index (χ1v) is 4.67. The molecular weight excluding hydrogens is 202 g/mol. The van der Waals surface area contributed by atoms with Crippen LogP contribution in [0.15, 0.2) is 17.1 Å². The predicted molar refractivity (Wildman–Crippen MR) is 58.4 cm³/mol. The Morgan fingerprint density at radius 3 is 2.71 bits per heavy atom. The minimum absolute atomic E-state index is 0.380. The molecule has 0 spiro atoms. The normalized spacial score (nSPS) is 9.50. The van der Waals surface area contributed by atoms with Crippen molar-refractivity contribution >= 4 is 23.8 Å². The monoisotopic (exact) mass is 215 g/mol. The molecule has 2 N–H and O–H groups in total. The quantitative estimate of drug-likeness (QED) is 0.345. The molecule has 0 atom stereocenters. The van der Waals surface area contributed by atoms with E-state index in [0.29, 0.717) is 11.0 Å². The van der Waals surface area contributed by atoms with Crippen molar-refractivity contribution < 1.29 is 5.21 Å². The van der Waals surface area contributed by atoms with Crippen molar-refractivity contribution in [1.82, 2.24) is 10.5 Å². The number of nitrogens with one attached hydrogen (secondary N) is 1. The fourth-order valence-corrected chi connectivity index (χ4v) is 0.859. The molecule has 1 rings (SSSR count). The van der Waals surface area contributed by atoms with Crippen molar-refractivity contribution in [3.05, 3.63) is 22.8 Å². The van der Waals surface area contributed by atoms with Gasteiger partial charge in [0.1, 0.15) is 11.5 Å². The van der Waals surface area contributed by atoms with Gasteiger partial charge < -0.3 is 0 Å². The maximum absolute atomic E-state index is 8.23. The van der Waals surface area contributed by atoms with E-state index in [4.69, 9.17) is 16.8 Å². The van der Waals surface area contributed by atoms with Crippen LogP contribution in [0.25, 0.3) is 0 Å². The lowest BCUT2D eigenvalue weighted by Crippen LogP contribution is -2.01. The molecule has 0 radical (unpaired) electrons. The van der Waals surface area contributed by atoms with Crippen molar-refractivity contribution in [3.63, 3.8) is 0 Å². The van der Waals surface area contributed by atoms with E-state index < -0.39 is 0 Å². The summed E-state index contributed by atoms with van der Waals surface area (Å²) in [7, 11) is 0. The van der Waals surface area contributed by atoms with E-state index in [0.717, 1.165) is 11.9 Å². The molecule has 0 saturated carbocycles. The van der Waals surface area contributed by atoms with Crippen LogP contribution in [0, 0.1) is 6.92 Å². The van der Waals surface area contributed by atoms with Gasteiger partial charge in [0.2, 0.25) is 0 Å². The molecule has 5 heteroatoms. The first-order chi connectivity index (χ1) is 6.74. The van der Waals surface area contributed by atoms with E-state index in [1.807, 2.05) is 20.8 Å². The number of hydrogen-bond donors (Lipinski definition) is 2. The molecule has 4 nitrogen and oxygen atoms in total. The second kappa shape index (κ2) is 7.29. The summed E-state index contributed by atoms with van der Waals surface area (Å²) in [4.78, 5) is 7.73. The molecule has 0 aliphatic carbocycles. The first-order valence-electron chi connectivity index (χ1n) is 4.29. The fourth-order valence-electron chi connectivity index (χ4n) is 0.716. The summed E-state index contributed by atoms with van der Waals surface area (Å²) in [5.41, 5.74) is 2.68. The lowest BCUT2D eigenvalue weighted by atomic mass is 10.3. The fraction of sp³-hybridized carbons (Fsp3) is 0.333. The summed E-state index contributed by atoms with van der Waals surface area (Å²) in [6, 6.07) is 3.49. The van der Waals surface area contributed by atoms with Crippen LogP contribution in [-0.4, -0.2) is 16.5 Å². The van der Waals surface area contributed by atoms with E-state index >= 15 is 0 Å². The predicted octanol–water partition coefficient (Wildman–Crippen LogP) is 2.71. The van der Waals surface area contributed by atoms with Gasteiger partial charge in [-0.25, -0.2) is 9.98 Å². The van der Waals surface area contributed by atoms with Crippen LogP contribution in [0.2, 0.25) is 5.15 Å². The number of aryl methyl sites for hydroxylation is 1. The molecule has 0 bridgehead atoms. The summed E-state index contributed by atoms with van der Waals surface area (Å²) >= 11 is 5.63. The molecule has 0 aliphatic rings. The van der Waals surface area contributed by atoms with Crippen LogP contribution in [0.3, 0.4) is 0 Å².